The molecule has 0 aromatic carbocycles. The number of nitrogens with zero attached hydrogens (tertiary/aromatic N) is 1. The SMILES string of the molecule is NCC1CCCCC1N1CCOC(=O)C1. The molecule has 2 N–H and O–H groups in total. The molecule has 2 unspecified atom stereocenters. The number of cyclic esters (lactones) is 1. The molecule has 0 radical (unpaired) electrons. The number of ether oxygens (including phenoxy) is 1. The quantitative estimate of drug-likeness (QED) is 0.672. The second kappa shape index (κ2) is 4.94. The van der Waals surface area contributed by atoms with Crippen LogP contribution in [0.1, 0.15) is 25.7 Å². The van der Waals surface area contributed by atoms with E-state index in [0.717, 1.165) is 13.1 Å². The first-order valence-electron chi connectivity index (χ1n) is 5.91. The molecule has 4 heteroatoms. The van der Waals surface area contributed by atoms with E-state index in [1.54, 1.807) is 0 Å². The summed E-state index contributed by atoms with van der Waals surface area (Å²) in [7, 11) is 0. The molecule has 1 aliphatic heterocycles. The number of nitrogens with two attached hydrogens (primary N) is 1. The van der Waals surface area contributed by atoms with Crippen molar-refractivity contribution >= 4 is 5.97 Å². The summed E-state index contributed by atoms with van der Waals surface area (Å²) in [6, 6.07) is 0.511. The molecule has 2 fully saturated rings. The van der Waals surface area contributed by atoms with Gasteiger partial charge in [0.2, 0.25) is 0 Å². The van der Waals surface area contributed by atoms with Crippen LogP contribution in [-0.2, 0) is 9.53 Å². The molecule has 1 aliphatic carbocycles. The molecule has 1 saturated carbocycles. The van der Waals surface area contributed by atoms with Crippen molar-refractivity contribution in [1.82, 2.24) is 4.90 Å². The van der Waals surface area contributed by atoms with Gasteiger partial charge in [-0.15, -0.1) is 0 Å². The van der Waals surface area contributed by atoms with Crippen LogP contribution in [0.15, 0.2) is 0 Å². The van der Waals surface area contributed by atoms with Gasteiger partial charge >= 0.3 is 5.97 Å². The van der Waals surface area contributed by atoms with E-state index in [0.29, 0.717) is 25.1 Å². The third-order valence-electron chi connectivity index (χ3n) is 3.61. The van der Waals surface area contributed by atoms with Gasteiger partial charge in [-0.05, 0) is 25.3 Å². The summed E-state index contributed by atoms with van der Waals surface area (Å²) >= 11 is 0. The Morgan fingerprint density at radius 2 is 2.20 bits per heavy atom. The van der Waals surface area contributed by atoms with Crippen molar-refractivity contribution in [2.24, 2.45) is 11.7 Å². The third-order valence-corrected chi connectivity index (χ3v) is 3.61. The molecule has 0 spiro atoms. The molecule has 2 rings (SSSR count). The lowest BCUT2D eigenvalue weighted by Crippen LogP contribution is -2.51. The average Bonchev–Trinajstić information content (AvgIpc) is 2.29. The number of carbonyl (C=O) groups excluding carboxylic acids is 1. The van der Waals surface area contributed by atoms with Crippen molar-refractivity contribution in [1.29, 1.82) is 0 Å². The van der Waals surface area contributed by atoms with Gasteiger partial charge in [-0.3, -0.25) is 9.69 Å². The molecule has 1 saturated heterocycles. The number of esters is 1. The van der Waals surface area contributed by atoms with Gasteiger partial charge in [-0.2, -0.15) is 0 Å². The van der Waals surface area contributed by atoms with Gasteiger partial charge in [0.15, 0.2) is 0 Å². The van der Waals surface area contributed by atoms with Gasteiger partial charge in [0.1, 0.15) is 6.61 Å². The van der Waals surface area contributed by atoms with Gasteiger partial charge in [0.25, 0.3) is 0 Å². The van der Waals surface area contributed by atoms with Crippen LogP contribution in [0.3, 0.4) is 0 Å². The predicted molar refractivity (Wildman–Crippen MR) is 57.3 cm³/mol. The molecular formula is C11H20N2O2. The van der Waals surface area contributed by atoms with E-state index < -0.39 is 0 Å². The first-order valence-corrected chi connectivity index (χ1v) is 5.91. The molecule has 1 heterocycles. The van der Waals surface area contributed by atoms with E-state index in [-0.39, 0.29) is 5.97 Å². The van der Waals surface area contributed by atoms with Crippen LogP contribution >= 0.6 is 0 Å². The number of hydrogen-bond donors (Lipinski definition) is 1. The maximum atomic E-state index is 11.2. The summed E-state index contributed by atoms with van der Waals surface area (Å²) in [4.78, 5) is 13.5. The maximum Gasteiger partial charge on any atom is 0.320 e. The summed E-state index contributed by atoms with van der Waals surface area (Å²) in [6.45, 7) is 2.64. The van der Waals surface area contributed by atoms with Gasteiger partial charge in [0.05, 0.1) is 6.54 Å². The van der Waals surface area contributed by atoms with Crippen molar-refractivity contribution in [3.05, 3.63) is 0 Å². The minimum atomic E-state index is -0.0809. The fourth-order valence-corrected chi connectivity index (χ4v) is 2.79. The minimum absolute atomic E-state index is 0.0809. The maximum absolute atomic E-state index is 11.2. The van der Waals surface area contributed by atoms with Crippen LogP contribution in [0.2, 0.25) is 0 Å². The van der Waals surface area contributed by atoms with Crippen LogP contribution in [0.4, 0.5) is 0 Å². The van der Waals surface area contributed by atoms with Crippen LogP contribution in [-0.4, -0.2) is 43.2 Å². The van der Waals surface area contributed by atoms with E-state index in [1.807, 2.05) is 0 Å². The standard InChI is InChI=1S/C11H20N2O2/c12-7-9-3-1-2-4-10(9)13-5-6-15-11(14)8-13/h9-10H,1-8,12H2. The van der Waals surface area contributed by atoms with Crippen LogP contribution in [0, 0.1) is 5.92 Å². The Bertz CT molecular complexity index is 233. The summed E-state index contributed by atoms with van der Waals surface area (Å²) in [5.74, 6) is 0.493. The zero-order valence-corrected chi connectivity index (χ0v) is 9.15. The molecule has 2 aliphatic rings. The van der Waals surface area contributed by atoms with Gasteiger partial charge in [0, 0.05) is 12.6 Å². The molecule has 0 amide bonds. The highest BCUT2D eigenvalue weighted by Crippen LogP contribution is 2.28. The fourth-order valence-electron chi connectivity index (χ4n) is 2.79. The van der Waals surface area contributed by atoms with E-state index in [4.69, 9.17) is 10.5 Å². The molecule has 4 nitrogen and oxygen atoms in total. The lowest BCUT2D eigenvalue weighted by Gasteiger charge is -2.40. The Hall–Kier alpha value is -0.610. The number of carbonyl (C=O) groups is 1. The largest absolute Gasteiger partial charge is 0.463 e. The van der Waals surface area contributed by atoms with E-state index >= 15 is 0 Å². The molecule has 15 heavy (non-hydrogen) atoms. The van der Waals surface area contributed by atoms with Crippen molar-refractivity contribution in [3.63, 3.8) is 0 Å². The highest BCUT2D eigenvalue weighted by Gasteiger charge is 2.32. The normalized spacial score (nSPS) is 33.8. The molecule has 0 aromatic rings. The smallest absolute Gasteiger partial charge is 0.320 e. The number of rotatable bonds is 2. The zero-order valence-electron chi connectivity index (χ0n) is 9.15. The lowest BCUT2D eigenvalue weighted by atomic mass is 9.83. The van der Waals surface area contributed by atoms with E-state index in [2.05, 4.69) is 4.90 Å². The predicted octanol–water partition coefficient (Wildman–Crippen LogP) is 0.363. The second-order valence-electron chi connectivity index (χ2n) is 4.54. The van der Waals surface area contributed by atoms with Crippen molar-refractivity contribution in [2.45, 2.75) is 31.7 Å². The van der Waals surface area contributed by atoms with E-state index in [9.17, 15) is 4.79 Å². The van der Waals surface area contributed by atoms with Crippen molar-refractivity contribution < 1.29 is 9.53 Å². The first kappa shape index (κ1) is 10.9. The van der Waals surface area contributed by atoms with Crippen molar-refractivity contribution in [3.8, 4) is 0 Å². The Morgan fingerprint density at radius 1 is 1.40 bits per heavy atom. The van der Waals surface area contributed by atoms with Crippen LogP contribution in [0.5, 0.6) is 0 Å². The summed E-state index contributed by atoms with van der Waals surface area (Å²) < 4.78 is 4.96. The monoisotopic (exact) mass is 212 g/mol. The fraction of sp³-hybridized carbons (Fsp3) is 0.909. The zero-order chi connectivity index (χ0) is 10.7. The topological polar surface area (TPSA) is 55.6 Å². The molecule has 0 bridgehead atoms. The molecule has 0 aromatic heterocycles. The Kier molecular flexibility index (Phi) is 3.59. The Balaban J connectivity index is 1.97. The molecular weight excluding hydrogens is 192 g/mol. The highest BCUT2D eigenvalue weighted by molar-refractivity contribution is 5.72. The summed E-state index contributed by atoms with van der Waals surface area (Å²) in [5, 5.41) is 0. The van der Waals surface area contributed by atoms with E-state index in [1.165, 1.54) is 25.7 Å². The lowest BCUT2D eigenvalue weighted by molar-refractivity contribution is -0.152. The van der Waals surface area contributed by atoms with Crippen molar-refractivity contribution in [2.75, 3.05) is 26.2 Å². The molecule has 2 atom stereocenters. The molecule has 86 valence electrons. The van der Waals surface area contributed by atoms with Crippen LogP contribution in [0.25, 0.3) is 0 Å². The number of hydrogen-bond acceptors (Lipinski definition) is 4. The average molecular weight is 212 g/mol. The third kappa shape index (κ3) is 2.49. The van der Waals surface area contributed by atoms with Crippen LogP contribution < -0.4 is 5.73 Å². The summed E-state index contributed by atoms with van der Waals surface area (Å²) in [6.07, 6.45) is 4.96. The Labute approximate surface area is 90.8 Å². The second-order valence-corrected chi connectivity index (χ2v) is 4.54. The van der Waals surface area contributed by atoms with Gasteiger partial charge < -0.3 is 10.5 Å². The highest BCUT2D eigenvalue weighted by atomic mass is 16.5. The minimum Gasteiger partial charge on any atom is -0.463 e. The number of morpholine rings is 1. The summed E-state index contributed by atoms with van der Waals surface area (Å²) in [5.41, 5.74) is 5.79. The van der Waals surface area contributed by atoms with Gasteiger partial charge in [-0.1, -0.05) is 12.8 Å². The first-order chi connectivity index (χ1) is 7.31. The van der Waals surface area contributed by atoms with Gasteiger partial charge in [-0.25, -0.2) is 0 Å². The Morgan fingerprint density at radius 3 is 2.93 bits per heavy atom.